The Labute approximate surface area is 148 Å². The molecule has 3 rings (SSSR count). The van der Waals surface area contributed by atoms with Crippen LogP contribution in [0.4, 0.5) is 4.39 Å². The summed E-state index contributed by atoms with van der Waals surface area (Å²) in [5.41, 5.74) is 0.477. The van der Waals surface area contributed by atoms with Crippen molar-refractivity contribution in [2.24, 2.45) is 0 Å². The normalized spacial score (nSPS) is 10.8. The number of carbonyl (C=O) groups is 1. The largest absolute Gasteiger partial charge is 0.346 e. The van der Waals surface area contributed by atoms with Crippen molar-refractivity contribution >= 4 is 28.4 Å². The molecule has 3 aromatic rings. The Balaban J connectivity index is 1.94. The van der Waals surface area contributed by atoms with Crippen LogP contribution in [-0.4, -0.2) is 15.7 Å². The molecule has 0 aliphatic rings. The third kappa shape index (κ3) is 3.53. The molecule has 0 atom stereocenters. The van der Waals surface area contributed by atoms with E-state index in [-0.39, 0.29) is 17.6 Å². The molecule has 5 nitrogen and oxygen atoms in total. The second-order valence-electron chi connectivity index (χ2n) is 5.46. The summed E-state index contributed by atoms with van der Waals surface area (Å²) >= 11 is 5.82. The summed E-state index contributed by atoms with van der Waals surface area (Å²) in [6.45, 7) is 2.50. The monoisotopic (exact) mass is 359 g/mol. The number of hydrogen-bond donors (Lipinski definition) is 1. The maximum absolute atomic E-state index is 13.5. The SMILES string of the molecule is CCn1nc(C(=O)NCc2ccc(Cl)cc2)c(=O)c2cc(F)ccc21. The van der Waals surface area contributed by atoms with Gasteiger partial charge in [-0.2, -0.15) is 5.10 Å². The predicted octanol–water partition coefficient (Wildman–Crippen LogP) is 3.14. The van der Waals surface area contributed by atoms with Gasteiger partial charge in [-0.15, -0.1) is 0 Å². The summed E-state index contributed by atoms with van der Waals surface area (Å²) in [4.78, 5) is 24.9. The van der Waals surface area contributed by atoms with Gasteiger partial charge in [-0.3, -0.25) is 14.3 Å². The molecule has 0 bridgehead atoms. The lowest BCUT2D eigenvalue weighted by Crippen LogP contribution is -2.31. The number of amides is 1. The lowest BCUT2D eigenvalue weighted by molar-refractivity contribution is 0.0942. The molecule has 0 saturated carbocycles. The molecule has 0 spiro atoms. The third-order valence-electron chi connectivity index (χ3n) is 3.80. The van der Waals surface area contributed by atoms with Gasteiger partial charge < -0.3 is 5.32 Å². The molecule has 0 radical (unpaired) electrons. The van der Waals surface area contributed by atoms with Crippen molar-refractivity contribution < 1.29 is 9.18 Å². The number of aromatic nitrogens is 2. The van der Waals surface area contributed by atoms with Gasteiger partial charge in [0.25, 0.3) is 5.91 Å². The smallest absolute Gasteiger partial charge is 0.276 e. The van der Waals surface area contributed by atoms with E-state index in [4.69, 9.17) is 11.6 Å². The third-order valence-corrected chi connectivity index (χ3v) is 4.05. The topological polar surface area (TPSA) is 64.0 Å². The van der Waals surface area contributed by atoms with Gasteiger partial charge in [0.15, 0.2) is 5.69 Å². The minimum absolute atomic E-state index is 0.133. The molecule has 0 saturated heterocycles. The summed E-state index contributed by atoms with van der Waals surface area (Å²) in [7, 11) is 0. The van der Waals surface area contributed by atoms with E-state index >= 15 is 0 Å². The van der Waals surface area contributed by atoms with E-state index in [0.29, 0.717) is 17.1 Å². The van der Waals surface area contributed by atoms with Crippen molar-refractivity contribution in [1.82, 2.24) is 15.1 Å². The Morgan fingerprint density at radius 3 is 2.64 bits per heavy atom. The van der Waals surface area contributed by atoms with Crippen molar-refractivity contribution in [1.29, 1.82) is 0 Å². The number of halogens is 2. The molecular weight excluding hydrogens is 345 g/mol. The van der Waals surface area contributed by atoms with Crippen LogP contribution >= 0.6 is 11.6 Å². The van der Waals surface area contributed by atoms with E-state index in [9.17, 15) is 14.0 Å². The van der Waals surface area contributed by atoms with Crippen LogP contribution in [0.15, 0.2) is 47.3 Å². The number of rotatable bonds is 4. The molecule has 2 aromatic carbocycles. The first kappa shape index (κ1) is 17.1. The van der Waals surface area contributed by atoms with E-state index < -0.39 is 17.2 Å². The highest BCUT2D eigenvalue weighted by Crippen LogP contribution is 2.13. The minimum Gasteiger partial charge on any atom is -0.346 e. The standard InChI is InChI=1S/C18H15ClFN3O2/c1-2-23-15-8-7-13(20)9-14(15)17(24)16(22-23)18(25)21-10-11-3-5-12(19)6-4-11/h3-9H,2,10H2,1H3,(H,21,25). The highest BCUT2D eigenvalue weighted by atomic mass is 35.5. The van der Waals surface area contributed by atoms with Crippen molar-refractivity contribution in [3.8, 4) is 0 Å². The van der Waals surface area contributed by atoms with Crippen LogP contribution in [0.2, 0.25) is 5.02 Å². The summed E-state index contributed by atoms with van der Waals surface area (Å²) in [6.07, 6.45) is 0. The van der Waals surface area contributed by atoms with Gasteiger partial charge in [0, 0.05) is 18.1 Å². The van der Waals surface area contributed by atoms with Crippen LogP contribution in [0.5, 0.6) is 0 Å². The Hall–Kier alpha value is -2.73. The molecule has 0 fully saturated rings. The number of nitrogens with zero attached hydrogens (tertiary/aromatic N) is 2. The van der Waals surface area contributed by atoms with E-state index in [1.165, 1.54) is 16.8 Å². The molecule has 7 heteroatoms. The van der Waals surface area contributed by atoms with Crippen molar-refractivity contribution in [3.05, 3.63) is 74.8 Å². The fourth-order valence-electron chi connectivity index (χ4n) is 2.52. The molecule has 1 aromatic heterocycles. The van der Waals surface area contributed by atoms with Crippen molar-refractivity contribution in [2.45, 2.75) is 20.0 Å². The van der Waals surface area contributed by atoms with Crippen LogP contribution in [0.3, 0.4) is 0 Å². The molecule has 1 heterocycles. The number of hydrogen-bond acceptors (Lipinski definition) is 3. The minimum atomic E-state index is -0.603. The Morgan fingerprint density at radius 1 is 1.24 bits per heavy atom. The average molecular weight is 360 g/mol. The lowest BCUT2D eigenvalue weighted by Gasteiger charge is -2.10. The molecule has 1 N–H and O–H groups in total. The maximum Gasteiger partial charge on any atom is 0.276 e. The molecule has 0 aliphatic carbocycles. The van der Waals surface area contributed by atoms with Gasteiger partial charge >= 0.3 is 0 Å². The van der Waals surface area contributed by atoms with E-state index in [1.807, 2.05) is 6.92 Å². The van der Waals surface area contributed by atoms with Crippen LogP contribution in [0.25, 0.3) is 10.9 Å². The lowest BCUT2D eigenvalue weighted by atomic mass is 10.2. The summed E-state index contributed by atoms with van der Waals surface area (Å²) < 4.78 is 15.0. The van der Waals surface area contributed by atoms with Gasteiger partial charge in [-0.1, -0.05) is 23.7 Å². The molecule has 0 unspecified atom stereocenters. The number of carbonyl (C=O) groups excluding carboxylic acids is 1. The van der Waals surface area contributed by atoms with E-state index in [2.05, 4.69) is 10.4 Å². The highest BCUT2D eigenvalue weighted by Gasteiger charge is 2.17. The van der Waals surface area contributed by atoms with E-state index in [1.54, 1.807) is 24.3 Å². The van der Waals surface area contributed by atoms with Gasteiger partial charge in [0.05, 0.1) is 10.9 Å². The Morgan fingerprint density at radius 2 is 1.96 bits per heavy atom. The molecule has 25 heavy (non-hydrogen) atoms. The summed E-state index contributed by atoms with van der Waals surface area (Å²) in [5, 5.41) is 7.51. The highest BCUT2D eigenvalue weighted by molar-refractivity contribution is 6.30. The van der Waals surface area contributed by atoms with Crippen LogP contribution in [-0.2, 0) is 13.1 Å². The van der Waals surface area contributed by atoms with Gasteiger partial charge in [0.2, 0.25) is 5.43 Å². The molecular formula is C18H15ClFN3O2. The average Bonchev–Trinajstić information content (AvgIpc) is 2.61. The quantitative estimate of drug-likeness (QED) is 0.778. The Kier molecular flexibility index (Phi) is 4.81. The first-order chi connectivity index (χ1) is 12.0. The summed E-state index contributed by atoms with van der Waals surface area (Å²) in [6, 6.07) is 10.8. The first-order valence-electron chi connectivity index (χ1n) is 7.72. The zero-order chi connectivity index (χ0) is 18.0. The van der Waals surface area contributed by atoms with Crippen LogP contribution in [0, 0.1) is 5.82 Å². The fraction of sp³-hybridized carbons (Fsp3) is 0.167. The van der Waals surface area contributed by atoms with Crippen LogP contribution < -0.4 is 10.7 Å². The maximum atomic E-state index is 13.5. The van der Waals surface area contributed by atoms with Crippen molar-refractivity contribution in [3.63, 3.8) is 0 Å². The number of aryl methyl sites for hydroxylation is 1. The van der Waals surface area contributed by atoms with Gasteiger partial charge in [-0.25, -0.2) is 4.39 Å². The number of benzene rings is 2. The fourth-order valence-corrected chi connectivity index (χ4v) is 2.65. The van der Waals surface area contributed by atoms with Gasteiger partial charge in [0.1, 0.15) is 5.82 Å². The number of fused-ring (bicyclic) bond motifs is 1. The first-order valence-corrected chi connectivity index (χ1v) is 8.10. The van der Waals surface area contributed by atoms with E-state index in [0.717, 1.165) is 11.6 Å². The zero-order valence-corrected chi connectivity index (χ0v) is 14.2. The van der Waals surface area contributed by atoms with Crippen molar-refractivity contribution in [2.75, 3.05) is 0 Å². The van der Waals surface area contributed by atoms with Crippen LogP contribution in [0.1, 0.15) is 23.0 Å². The molecule has 0 aliphatic heterocycles. The predicted molar refractivity (Wildman–Crippen MR) is 94.3 cm³/mol. The molecule has 128 valence electrons. The number of nitrogens with one attached hydrogen (secondary N) is 1. The second-order valence-corrected chi connectivity index (χ2v) is 5.90. The second kappa shape index (κ2) is 7.03. The Bertz CT molecular complexity index is 1000. The zero-order valence-electron chi connectivity index (χ0n) is 13.4. The summed E-state index contributed by atoms with van der Waals surface area (Å²) in [5.74, 6) is -1.14. The van der Waals surface area contributed by atoms with Gasteiger partial charge in [-0.05, 0) is 42.8 Å². The molecule has 1 amide bonds.